The van der Waals surface area contributed by atoms with Crippen LogP contribution in [0.4, 0.5) is 8.78 Å². The van der Waals surface area contributed by atoms with Crippen molar-refractivity contribution in [3.63, 3.8) is 0 Å². The number of rotatable bonds is 8. The van der Waals surface area contributed by atoms with E-state index in [0.29, 0.717) is 37.0 Å². The van der Waals surface area contributed by atoms with Crippen molar-refractivity contribution in [1.29, 1.82) is 0 Å². The van der Waals surface area contributed by atoms with Gasteiger partial charge in [0.1, 0.15) is 0 Å². The van der Waals surface area contributed by atoms with Crippen LogP contribution in [-0.2, 0) is 11.2 Å². The van der Waals surface area contributed by atoms with Gasteiger partial charge in [0.2, 0.25) is 11.8 Å². The molecule has 1 fully saturated rings. The Balaban J connectivity index is 1.60. The van der Waals surface area contributed by atoms with Crippen LogP contribution in [0.3, 0.4) is 0 Å². The molecule has 2 atom stereocenters. The second kappa shape index (κ2) is 8.29. The SMILES string of the molecule is CC(F)(F)CCCCC(N)c1cn2nc(CC3CCCNC3=O)ccc2n1. The lowest BCUT2D eigenvalue weighted by atomic mass is 9.94. The number of nitrogens with one attached hydrogen (secondary N) is 1. The smallest absolute Gasteiger partial charge is 0.245 e. The molecule has 3 N–H and O–H groups in total. The Labute approximate surface area is 157 Å². The van der Waals surface area contributed by atoms with Crippen molar-refractivity contribution in [2.45, 2.75) is 63.8 Å². The summed E-state index contributed by atoms with van der Waals surface area (Å²) < 4.78 is 27.4. The lowest BCUT2D eigenvalue weighted by molar-refractivity contribution is -0.126. The first kappa shape index (κ1) is 19.7. The number of piperidine rings is 1. The number of hydrogen-bond acceptors (Lipinski definition) is 4. The predicted octanol–water partition coefficient (Wildman–Crippen LogP) is 3.01. The number of halogens is 2. The van der Waals surface area contributed by atoms with Crippen LogP contribution in [0, 0.1) is 5.92 Å². The summed E-state index contributed by atoms with van der Waals surface area (Å²) >= 11 is 0. The van der Waals surface area contributed by atoms with Gasteiger partial charge in [0, 0.05) is 31.3 Å². The number of amides is 1. The van der Waals surface area contributed by atoms with E-state index >= 15 is 0 Å². The predicted molar refractivity (Wildman–Crippen MR) is 98.4 cm³/mol. The summed E-state index contributed by atoms with van der Waals surface area (Å²) in [5, 5.41) is 7.45. The van der Waals surface area contributed by atoms with Gasteiger partial charge in [0.15, 0.2) is 5.65 Å². The molecule has 2 unspecified atom stereocenters. The normalized spacial score (nSPS) is 19.3. The molecule has 3 rings (SSSR count). The highest BCUT2D eigenvalue weighted by molar-refractivity contribution is 5.79. The number of carbonyl (C=O) groups excluding carboxylic acids is 1. The Morgan fingerprint density at radius 1 is 1.41 bits per heavy atom. The van der Waals surface area contributed by atoms with Crippen molar-refractivity contribution < 1.29 is 13.6 Å². The fraction of sp³-hybridized carbons (Fsp3) is 0.632. The summed E-state index contributed by atoms with van der Waals surface area (Å²) in [5.41, 5.74) is 8.41. The van der Waals surface area contributed by atoms with Crippen LogP contribution in [0.2, 0.25) is 0 Å². The molecule has 8 heteroatoms. The lowest BCUT2D eigenvalue weighted by Crippen LogP contribution is -2.37. The maximum absolute atomic E-state index is 12.9. The highest BCUT2D eigenvalue weighted by Gasteiger charge is 2.23. The van der Waals surface area contributed by atoms with E-state index in [4.69, 9.17) is 5.73 Å². The maximum atomic E-state index is 12.9. The van der Waals surface area contributed by atoms with E-state index in [9.17, 15) is 13.6 Å². The molecule has 1 aliphatic heterocycles. The minimum atomic E-state index is -2.62. The van der Waals surface area contributed by atoms with Crippen LogP contribution >= 0.6 is 0 Å². The number of nitrogens with zero attached hydrogens (tertiary/aromatic N) is 3. The van der Waals surface area contributed by atoms with Crippen molar-refractivity contribution >= 4 is 11.6 Å². The molecule has 0 saturated carbocycles. The van der Waals surface area contributed by atoms with Crippen LogP contribution < -0.4 is 11.1 Å². The van der Waals surface area contributed by atoms with Gasteiger partial charge in [-0.25, -0.2) is 18.3 Å². The van der Waals surface area contributed by atoms with E-state index in [1.807, 2.05) is 12.1 Å². The third-order valence-corrected chi connectivity index (χ3v) is 5.01. The first-order valence-electron chi connectivity index (χ1n) is 9.58. The second-order valence-electron chi connectivity index (χ2n) is 7.55. The number of alkyl halides is 2. The van der Waals surface area contributed by atoms with E-state index in [1.165, 1.54) is 0 Å². The van der Waals surface area contributed by atoms with Crippen LogP contribution in [-0.4, -0.2) is 33.0 Å². The van der Waals surface area contributed by atoms with E-state index in [2.05, 4.69) is 15.4 Å². The molecule has 0 aliphatic carbocycles. The van der Waals surface area contributed by atoms with Gasteiger partial charge in [0.25, 0.3) is 0 Å². The first-order chi connectivity index (χ1) is 12.8. The zero-order chi connectivity index (χ0) is 19.4. The molecule has 0 bridgehead atoms. The van der Waals surface area contributed by atoms with Crippen LogP contribution in [0.15, 0.2) is 18.3 Å². The zero-order valence-corrected chi connectivity index (χ0v) is 15.6. The summed E-state index contributed by atoms with van der Waals surface area (Å²) in [4.78, 5) is 16.4. The van der Waals surface area contributed by atoms with Crippen LogP contribution in [0.25, 0.3) is 5.65 Å². The van der Waals surface area contributed by atoms with Crippen molar-refractivity contribution in [1.82, 2.24) is 19.9 Å². The van der Waals surface area contributed by atoms with Gasteiger partial charge >= 0.3 is 0 Å². The summed E-state index contributed by atoms with van der Waals surface area (Å²) in [6.07, 6.45) is 5.82. The topological polar surface area (TPSA) is 85.3 Å². The standard InChI is InChI=1S/C19H27F2N5O/c1-19(20,21)9-3-2-6-15(22)16-12-26-17(24-16)8-7-14(25-26)11-13-5-4-10-23-18(13)27/h7-8,12-13,15H,2-6,9-11,22H2,1H3,(H,23,27). The highest BCUT2D eigenvalue weighted by Crippen LogP contribution is 2.23. The Hall–Kier alpha value is -2.09. The fourth-order valence-electron chi connectivity index (χ4n) is 3.46. The molecule has 1 aliphatic rings. The molecule has 2 aromatic rings. The monoisotopic (exact) mass is 379 g/mol. The summed E-state index contributed by atoms with van der Waals surface area (Å²) in [6.45, 7) is 1.69. The molecule has 6 nitrogen and oxygen atoms in total. The molecular formula is C19H27F2N5O. The van der Waals surface area contributed by atoms with E-state index < -0.39 is 5.92 Å². The van der Waals surface area contributed by atoms with Crippen LogP contribution in [0.5, 0.6) is 0 Å². The van der Waals surface area contributed by atoms with Crippen LogP contribution in [0.1, 0.15) is 62.9 Å². The van der Waals surface area contributed by atoms with Crippen molar-refractivity contribution in [3.8, 4) is 0 Å². The van der Waals surface area contributed by atoms with E-state index in [0.717, 1.165) is 32.0 Å². The number of fused-ring (bicyclic) bond motifs is 1. The molecule has 3 heterocycles. The zero-order valence-electron chi connectivity index (χ0n) is 15.6. The third kappa shape index (κ3) is 5.45. The van der Waals surface area contributed by atoms with Crippen molar-refractivity contribution in [3.05, 3.63) is 29.7 Å². The van der Waals surface area contributed by atoms with Gasteiger partial charge in [-0.15, -0.1) is 0 Å². The molecule has 0 aromatic carbocycles. The Kier molecular flexibility index (Phi) is 6.04. The van der Waals surface area contributed by atoms with Gasteiger partial charge in [-0.2, -0.15) is 5.10 Å². The first-order valence-corrected chi connectivity index (χ1v) is 9.58. The van der Waals surface area contributed by atoms with Gasteiger partial charge in [-0.05, 0) is 44.7 Å². The molecule has 1 amide bonds. The van der Waals surface area contributed by atoms with Gasteiger partial charge in [-0.3, -0.25) is 4.79 Å². The molecule has 27 heavy (non-hydrogen) atoms. The Morgan fingerprint density at radius 3 is 2.96 bits per heavy atom. The second-order valence-corrected chi connectivity index (χ2v) is 7.55. The van der Waals surface area contributed by atoms with Gasteiger partial charge in [0.05, 0.1) is 17.6 Å². The quantitative estimate of drug-likeness (QED) is 0.691. The van der Waals surface area contributed by atoms with E-state index in [-0.39, 0.29) is 24.3 Å². The maximum Gasteiger partial charge on any atom is 0.245 e. The number of hydrogen-bond donors (Lipinski definition) is 2. The van der Waals surface area contributed by atoms with E-state index in [1.54, 1.807) is 10.7 Å². The number of nitrogens with two attached hydrogens (primary N) is 1. The number of unbranched alkanes of at least 4 members (excludes halogenated alkanes) is 1. The summed E-state index contributed by atoms with van der Waals surface area (Å²) in [5.74, 6) is -2.57. The molecule has 148 valence electrons. The third-order valence-electron chi connectivity index (χ3n) is 5.01. The van der Waals surface area contributed by atoms with Crippen molar-refractivity contribution in [2.24, 2.45) is 11.7 Å². The molecule has 0 radical (unpaired) electrons. The van der Waals surface area contributed by atoms with Gasteiger partial charge < -0.3 is 11.1 Å². The van der Waals surface area contributed by atoms with Crippen molar-refractivity contribution in [2.75, 3.05) is 6.54 Å². The average molecular weight is 379 g/mol. The summed E-state index contributed by atoms with van der Waals surface area (Å²) in [7, 11) is 0. The molecule has 0 spiro atoms. The largest absolute Gasteiger partial charge is 0.356 e. The Bertz CT molecular complexity index is 786. The average Bonchev–Trinajstić information content (AvgIpc) is 3.03. The molecule has 2 aromatic heterocycles. The fourth-order valence-corrected chi connectivity index (χ4v) is 3.46. The minimum Gasteiger partial charge on any atom is -0.356 e. The molecular weight excluding hydrogens is 352 g/mol. The van der Waals surface area contributed by atoms with Gasteiger partial charge in [-0.1, -0.05) is 6.42 Å². The molecule has 1 saturated heterocycles. The number of aromatic nitrogens is 3. The highest BCUT2D eigenvalue weighted by atomic mass is 19.3. The number of carbonyl (C=O) groups is 1. The minimum absolute atomic E-state index is 0.0364. The number of imidazole rings is 1. The summed E-state index contributed by atoms with van der Waals surface area (Å²) in [6, 6.07) is 3.46. The Morgan fingerprint density at radius 2 is 2.22 bits per heavy atom. The lowest BCUT2D eigenvalue weighted by Gasteiger charge is -2.21.